The fourth-order valence-electron chi connectivity index (χ4n) is 4.80. The molecule has 0 fully saturated rings. The highest BCUT2D eigenvalue weighted by molar-refractivity contribution is 6.06. The van der Waals surface area contributed by atoms with Crippen LogP contribution in [-0.2, 0) is 10.2 Å². The summed E-state index contributed by atoms with van der Waals surface area (Å²) in [6.07, 6.45) is 0.591. The Labute approximate surface area is 246 Å². The predicted octanol–water partition coefficient (Wildman–Crippen LogP) is 6.15. The number of hydrogen-bond donors (Lipinski definition) is 4. The molecule has 1 aromatic heterocycles. The number of benzene rings is 3. The molecule has 0 saturated heterocycles. The minimum atomic E-state index is -0.450. The van der Waals surface area contributed by atoms with Crippen LogP contribution in [0.1, 0.15) is 62.7 Å². The minimum absolute atomic E-state index is 0.160. The van der Waals surface area contributed by atoms with Crippen molar-refractivity contribution >= 4 is 40.1 Å². The van der Waals surface area contributed by atoms with Crippen LogP contribution in [0.3, 0.4) is 0 Å². The number of anilines is 2. The first-order valence-corrected chi connectivity index (χ1v) is 14.2. The van der Waals surface area contributed by atoms with E-state index in [4.69, 9.17) is 10.8 Å². The summed E-state index contributed by atoms with van der Waals surface area (Å²) < 4.78 is 1.63. The number of fused-ring (bicyclic) bond motifs is 1. The van der Waals surface area contributed by atoms with E-state index in [-0.39, 0.29) is 23.8 Å². The van der Waals surface area contributed by atoms with Crippen LogP contribution < -0.4 is 21.7 Å². The summed E-state index contributed by atoms with van der Waals surface area (Å²) in [7, 11) is 0. The topological polar surface area (TPSA) is 131 Å². The molecule has 0 saturated carbocycles. The van der Waals surface area contributed by atoms with Gasteiger partial charge in [-0.1, -0.05) is 77.1 Å². The number of nitrogens with two attached hydrogens (primary N) is 1. The van der Waals surface area contributed by atoms with Gasteiger partial charge in [0.05, 0.1) is 23.0 Å². The van der Waals surface area contributed by atoms with Crippen molar-refractivity contribution < 1.29 is 14.4 Å². The van der Waals surface area contributed by atoms with Crippen molar-refractivity contribution in [3.05, 3.63) is 83.6 Å². The molecule has 9 heteroatoms. The number of rotatable bonds is 9. The number of carbonyl (C=O) groups excluding carboxylic acids is 3. The zero-order valence-electron chi connectivity index (χ0n) is 25.1. The maximum absolute atomic E-state index is 13.2. The molecule has 0 bridgehead atoms. The van der Waals surface area contributed by atoms with Gasteiger partial charge in [-0.15, -0.1) is 0 Å². The molecule has 4 amide bonds. The maximum Gasteiger partial charge on any atom is 0.324 e. The Morgan fingerprint density at radius 2 is 1.67 bits per heavy atom. The first-order chi connectivity index (χ1) is 19.8. The monoisotopic (exact) mass is 568 g/mol. The van der Waals surface area contributed by atoms with Crippen LogP contribution in [0, 0.1) is 18.8 Å². The summed E-state index contributed by atoms with van der Waals surface area (Å²) in [4.78, 5) is 38.3. The van der Waals surface area contributed by atoms with Crippen molar-refractivity contribution in [1.82, 2.24) is 15.1 Å². The predicted molar refractivity (Wildman–Crippen MR) is 168 cm³/mol. The molecule has 9 nitrogen and oxygen atoms in total. The molecular weight excluding hydrogens is 528 g/mol. The third-order valence-corrected chi connectivity index (χ3v) is 7.13. The fraction of sp³-hybridized carbons (Fsp3) is 0.333. The van der Waals surface area contributed by atoms with Crippen molar-refractivity contribution in [3.63, 3.8) is 0 Å². The van der Waals surface area contributed by atoms with Crippen molar-refractivity contribution in [3.8, 4) is 5.69 Å². The molecule has 1 atom stereocenters. The second kappa shape index (κ2) is 12.5. The van der Waals surface area contributed by atoms with Crippen LogP contribution in [0.15, 0.2) is 66.7 Å². The quantitative estimate of drug-likeness (QED) is 0.193. The summed E-state index contributed by atoms with van der Waals surface area (Å²) in [5.41, 5.74) is 8.55. The van der Waals surface area contributed by atoms with Gasteiger partial charge in [0, 0.05) is 29.0 Å². The van der Waals surface area contributed by atoms with E-state index in [1.807, 2.05) is 102 Å². The molecule has 1 unspecified atom stereocenters. The van der Waals surface area contributed by atoms with Gasteiger partial charge in [-0.3, -0.25) is 14.9 Å². The highest BCUT2D eigenvalue weighted by atomic mass is 16.2. The van der Waals surface area contributed by atoms with E-state index in [1.165, 1.54) is 0 Å². The Bertz CT molecular complexity index is 1610. The highest BCUT2D eigenvalue weighted by Crippen LogP contribution is 2.28. The third-order valence-electron chi connectivity index (χ3n) is 7.13. The van der Waals surface area contributed by atoms with Crippen molar-refractivity contribution in [1.29, 1.82) is 0 Å². The molecule has 0 aliphatic rings. The molecule has 0 aliphatic carbocycles. The van der Waals surface area contributed by atoms with Gasteiger partial charge in [-0.25, -0.2) is 9.48 Å². The van der Waals surface area contributed by atoms with E-state index in [0.717, 1.165) is 22.0 Å². The molecule has 3 aromatic carbocycles. The number of nitrogens with one attached hydrogen (secondary N) is 3. The molecule has 5 N–H and O–H groups in total. The lowest BCUT2D eigenvalue weighted by atomic mass is 9.92. The summed E-state index contributed by atoms with van der Waals surface area (Å²) in [6.45, 7) is 12.1. The van der Waals surface area contributed by atoms with Gasteiger partial charge in [0.1, 0.15) is 5.82 Å². The molecule has 0 spiro atoms. The van der Waals surface area contributed by atoms with Gasteiger partial charge in [-0.05, 0) is 48.4 Å². The summed E-state index contributed by atoms with van der Waals surface area (Å²) in [5.74, 6) is -0.466. The van der Waals surface area contributed by atoms with Crippen LogP contribution in [0.4, 0.5) is 16.3 Å². The van der Waals surface area contributed by atoms with Gasteiger partial charge >= 0.3 is 6.03 Å². The van der Waals surface area contributed by atoms with Crippen LogP contribution >= 0.6 is 0 Å². The number of nitrogens with zero attached hydrogens (tertiary/aromatic N) is 2. The Balaban J connectivity index is 1.61. The zero-order valence-corrected chi connectivity index (χ0v) is 25.1. The first kappa shape index (κ1) is 30.3. The van der Waals surface area contributed by atoms with Crippen molar-refractivity contribution in [2.75, 3.05) is 17.2 Å². The van der Waals surface area contributed by atoms with Crippen LogP contribution in [0.25, 0.3) is 16.5 Å². The van der Waals surface area contributed by atoms with Crippen molar-refractivity contribution in [2.24, 2.45) is 17.6 Å². The largest absolute Gasteiger partial charge is 0.369 e. The van der Waals surface area contributed by atoms with E-state index in [0.29, 0.717) is 29.2 Å². The molecule has 4 aromatic rings. The SMILES string of the molecule is Cc1ccc(-n2nc(C(C)(C)C)cc2NC(=O)Nc2cccc3ccccc23)cc1C(=O)NCC(CC(C)C)C(N)=O. The van der Waals surface area contributed by atoms with Crippen LogP contribution in [0.2, 0.25) is 0 Å². The molecule has 0 aliphatic heterocycles. The average Bonchev–Trinajstić information content (AvgIpc) is 3.35. The molecule has 42 heavy (non-hydrogen) atoms. The third kappa shape index (κ3) is 7.15. The number of carbonyl (C=O) groups is 3. The molecule has 0 radical (unpaired) electrons. The van der Waals surface area contributed by atoms with Gasteiger partial charge in [0.2, 0.25) is 5.91 Å². The summed E-state index contributed by atoms with van der Waals surface area (Å²) in [5, 5.41) is 15.5. The van der Waals surface area contributed by atoms with E-state index >= 15 is 0 Å². The van der Waals surface area contributed by atoms with Gasteiger partial charge in [0.15, 0.2) is 0 Å². The molecule has 1 heterocycles. The standard InChI is InChI=1S/C33H40N6O3/c1-20(2)16-23(30(34)40)19-35-31(41)26-17-24(15-14-21(26)3)39-29(18-28(38-39)33(4,5)6)37-32(42)36-27-13-9-11-22-10-7-8-12-25(22)27/h7-15,17-18,20,23H,16,19H2,1-6H3,(H2,34,40)(H,35,41)(H2,36,37,42). The number of primary amides is 1. The van der Waals surface area contributed by atoms with Gasteiger partial charge in [0.25, 0.3) is 5.91 Å². The second-order valence-electron chi connectivity index (χ2n) is 12.1. The smallest absolute Gasteiger partial charge is 0.324 e. The highest BCUT2D eigenvalue weighted by Gasteiger charge is 2.23. The van der Waals surface area contributed by atoms with Gasteiger partial charge in [-0.2, -0.15) is 5.10 Å². The number of aryl methyl sites for hydroxylation is 1. The number of amides is 4. The lowest BCUT2D eigenvalue weighted by molar-refractivity contribution is -0.122. The van der Waals surface area contributed by atoms with Crippen LogP contribution in [-0.4, -0.2) is 34.2 Å². The van der Waals surface area contributed by atoms with Crippen LogP contribution in [0.5, 0.6) is 0 Å². The Kier molecular flexibility index (Phi) is 8.99. The Hall–Kier alpha value is -4.66. The Morgan fingerprint density at radius 1 is 0.952 bits per heavy atom. The number of urea groups is 1. The minimum Gasteiger partial charge on any atom is -0.369 e. The Morgan fingerprint density at radius 3 is 2.36 bits per heavy atom. The first-order valence-electron chi connectivity index (χ1n) is 14.2. The van der Waals surface area contributed by atoms with E-state index in [1.54, 1.807) is 10.7 Å². The maximum atomic E-state index is 13.2. The number of hydrogen-bond acceptors (Lipinski definition) is 4. The molecule has 4 rings (SSSR count). The zero-order chi connectivity index (χ0) is 30.6. The second-order valence-corrected chi connectivity index (χ2v) is 12.1. The normalized spacial score (nSPS) is 12.3. The van der Waals surface area contributed by atoms with Crippen molar-refractivity contribution in [2.45, 2.75) is 53.4 Å². The van der Waals surface area contributed by atoms with Gasteiger partial charge < -0.3 is 16.4 Å². The average molecular weight is 569 g/mol. The molecular formula is C33H40N6O3. The lowest BCUT2D eigenvalue weighted by Gasteiger charge is -2.17. The lowest BCUT2D eigenvalue weighted by Crippen LogP contribution is -2.37. The molecule has 220 valence electrons. The van der Waals surface area contributed by atoms with E-state index < -0.39 is 17.9 Å². The summed E-state index contributed by atoms with van der Waals surface area (Å²) in [6, 6.07) is 20.4. The summed E-state index contributed by atoms with van der Waals surface area (Å²) >= 11 is 0. The van der Waals surface area contributed by atoms with E-state index in [2.05, 4.69) is 16.0 Å². The fourth-order valence-corrected chi connectivity index (χ4v) is 4.80. The van der Waals surface area contributed by atoms with E-state index in [9.17, 15) is 14.4 Å². The number of aromatic nitrogens is 2.